The number of aliphatic carboxylic acids is 1. The lowest BCUT2D eigenvalue weighted by atomic mass is 9.77. The van der Waals surface area contributed by atoms with Crippen LogP contribution in [0.4, 0.5) is 0 Å². The molecule has 3 atom stereocenters. The third-order valence-electron chi connectivity index (χ3n) is 5.71. The van der Waals surface area contributed by atoms with Crippen LogP contribution in [0.25, 0.3) is 0 Å². The maximum absolute atomic E-state index is 13.1. The number of amides is 2. The van der Waals surface area contributed by atoms with E-state index in [1.54, 1.807) is 50.2 Å². The standard InChI is InChI=1S/C25H32N4O5S/c1-25(2,21(30)17-10-7-12-27-15-17)20(26)23(32)29-19(14-16-8-5-4-6-9-16)22(31)28-18(24(33)34)11-13-35-3/h4-10,12,15,18-20H,11,13-14,26H2,1-3H3,(H,28,31)(H,29,32)(H,33,34)/t18-,19-,20+/m0/s1. The Kier molecular flexibility index (Phi) is 10.4. The molecule has 0 aliphatic carbocycles. The first kappa shape index (κ1) is 28.0. The van der Waals surface area contributed by atoms with Crippen LogP contribution < -0.4 is 16.4 Å². The molecule has 10 heteroatoms. The first-order valence-electron chi connectivity index (χ1n) is 11.1. The van der Waals surface area contributed by atoms with E-state index in [-0.39, 0.29) is 18.6 Å². The van der Waals surface area contributed by atoms with E-state index in [0.29, 0.717) is 11.3 Å². The number of ketones is 1. The van der Waals surface area contributed by atoms with Gasteiger partial charge in [-0.15, -0.1) is 0 Å². The molecule has 2 rings (SSSR count). The Morgan fingerprint density at radius 3 is 2.26 bits per heavy atom. The highest BCUT2D eigenvalue weighted by Crippen LogP contribution is 2.25. The van der Waals surface area contributed by atoms with Gasteiger partial charge in [0.25, 0.3) is 0 Å². The number of hydrogen-bond donors (Lipinski definition) is 4. The molecule has 0 aliphatic rings. The average molecular weight is 501 g/mol. The molecule has 1 heterocycles. The number of Topliss-reactive ketones (excluding diaryl/α,β-unsaturated/α-hetero) is 1. The van der Waals surface area contributed by atoms with E-state index in [1.165, 1.54) is 24.2 Å². The van der Waals surface area contributed by atoms with E-state index in [4.69, 9.17) is 5.73 Å². The molecule has 0 unspecified atom stereocenters. The van der Waals surface area contributed by atoms with Crippen LogP contribution in [0.1, 0.15) is 36.2 Å². The maximum Gasteiger partial charge on any atom is 0.326 e. The number of carbonyl (C=O) groups excluding carboxylic acids is 3. The summed E-state index contributed by atoms with van der Waals surface area (Å²) in [5.74, 6) is -2.31. The number of aromatic nitrogens is 1. The fraction of sp³-hybridized carbons (Fsp3) is 0.400. The monoisotopic (exact) mass is 500 g/mol. The number of hydrogen-bond acceptors (Lipinski definition) is 7. The summed E-state index contributed by atoms with van der Waals surface area (Å²) in [6.45, 7) is 3.11. The number of nitrogens with one attached hydrogen (secondary N) is 2. The van der Waals surface area contributed by atoms with Gasteiger partial charge in [-0.05, 0) is 36.1 Å². The Labute approximate surface area is 209 Å². The Morgan fingerprint density at radius 1 is 1.03 bits per heavy atom. The van der Waals surface area contributed by atoms with Crippen molar-refractivity contribution in [2.24, 2.45) is 11.1 Å². The third kappa shape index (κ3) is 7.90. The zero-order valence-corrected chi connectivity index (χ0v) is 20.9. The number of nitrogens with zero attached hydrogens (tertiary/aromatic N) is 1. The molecule has 1 aromatic heterocycles. The van der Waals surface area contributed by atoms with Gasteiger partial charge >= 0.3 is 5.97 Å². The Hall–Kier alpha value is -3.24. The number of carboxylic acid groups (broad SMARTS) is 1. The molecule has 5 N–H and O–H groups in total. The van der Waals surface area contributed by atoms with E-state index in [2.05, 4.69) is 15.6 Å². The fourth-order valence-corrected chi connectivity index (χ4v) is 3.90. The van der Waals surface area contributed by atoms with Gasteiger partial charge in [0.1, 0.15) is 12.1 Å². The van der Waals surface area contributed by atoms with Crippen molar-refractivity contribution in [1.82, 2.24) is 15.6 Å². The van der Waals surface area contributed by atoms with Crippen LogP contribution in [-0.4, -0.2) is 63.8 Å². The molecule has 2 amide bonds. The molecule has 0 bridgehead atoms. The quantitative estimate of drug-likeness (QED) is 0.303. The van der Waals surface area contributed by atoms with Gasteiger partial charge < -0.3 is 21.5 Å². The van der Waals surface area contributed by atoms with Crippen LogP contribution in [0.3, 0.4) is 0 Å². The second-order valence-electron chi connectivity index (χ2n) is 8.70. The van der Waals surface area contributed by atoms with Gasteiger partial charge in [0.05, 0.1) is 11.5 Å². The zero-order chi connectivity index (χ0) is 26.0. The number of carbonyl (C=O) groups is 4. The highest BCUT2D eigenvalue weighted by atomic mass is 32.2. The number of nitrogens with two attached hydrogens (primary N) is 1. The van der Waals surface area contributed by atoms with Crippen LogP contribution in [0, 0.1) is 5.41 Å². The summed E-state index contributed by atoms with van der Waals surface area (Å²) in [7, 11) is 0. The number of rotatable bonds is 13. The molecule has 35 heavy (non-hydrogen) atoms. The predicted octanol–water partition coefficient (Wildman–Crippen LogP) is 1.67. The minimum Gasteiger partial charge on any atom is -0.480 e. The van der Waals surface area contributed by atoms with E-state index < -0.39 is 41.3 Å². The zero-order valence-electron chi connectivity index (χ0n) is 20.1. The second-order valence-corrected chi connectivity index (χ2v) is 9.69. The summed E-state index contributed by atoms with van der Waals surface area (Å²) < 4.78 is 0. The van der Waals surface area contributed by atoms with E-state index >= 15 is 0 Å². The van der Waals surface area contributed by atoms with E-state index in [9.17, 15) is 24.3 Å². The first-order chi connectivity index (χ1) is 16.6. The normalized spacial score (nSPS) is 13.8. The third-order valence-corrected chi connectivity index (χ3v) is 6.35. The second kappa shape index (κ2) is 13.0. The van der Waals surface area contributed by atoms with Crippen LogP contribution in [-0.2, 0) is 20.8 Å². The lowest BCUT2D eigenvalue weighted by Gasteiger charge is -2.30. The Bertz CT molecular complexity index is 1020. The van der Waals surface area contributed by atoms with Crippen molar-refractivity contribution in [2.75, 3.05) is 12.0 Å². The van der Waals surface area contributed by atoms with Gasteiger partial charge in [0, 0.05) is 24.4 Å². The summed E-state index contributed by atoms with van der Waals surface area (Å²) in [4.78, 5) is 54.8. The van der Waals surface area contributed by atoms with E-state index in [0.717, 1.165) is 5.56 Å². The average Bonchev–Trinajstić information content (AvgIpc) is 2.85. The molecule has 0 aliphatic heterocycles. The summed E-state index contributed by atoms with van der Waals surface area (Å²) in [6, 6.07) is 8.77. The molecular weight excluding hydrogens is 468 g/mol. The predicted molar refractivity (Wildman–Crippen MR) is 135 cm³/mol. The van der Waals surface area contributed by atoms with Crippen LogP contribution in [0.15, 0.2) is 54.9 Å². The van der Waals surface area contributed by atoms with Crippen LogP contribution in [0.5, 0.6) is 0 Å². The smallest absolute Gasteiger partial charge is 0.326 e. The largest absolute Gasteiger partial charge is 0.480 e. The molecule has 0 saturated carbocycles. The number of thioether (sulfide) groups is 1. The van der Waals surface area contributed by atoms with Crippen molar-refractivity contribution in [3.8, 4) is 0 Å². The van der Waals surface area contributed by atoms with Crippen molar-refractivity contribution in [3.63, 3.8) is 0 Å². The Morgan fingerprint density at radius 2 is 1.69 bits per heavy atom. The highest BCUT2D eigenvalue weighted by molar-refractivity contribution is 7.98. The van der Waals surface area contributed by atoms with Crippen LogP contribution >= 0.6 is 11.8 Å². The minimum absolute atomic E-state index is 0.122. The topological polar surface area (TPSA) is 151 Å². The van der Waals surface area contributed by atoms with Gasteiger partial charge in [-0.1, -0.05) is 44.2 Å². The number of benzene rings is 1. The molecule has 2 aromatic rings. The van der Waals surface area contributed by atoms with Crippen molar-refractivity contribution >= 4 is 35.3 Å². The summed E-state index contributed by atoms with van der Waals surface area (Å²) in [6.07, 6.45) is 5.14. The molecule has 0 fully saturated rings. The molecule has 9 nitrogen and oxygen atoms in total. The van der Waals surface area contributed by atoms with Crippen molar-refractivity contribution < 1.29 is 24.3 Å². The first-order valence-corrected chi connectivity index (χ1v) is 12.5. The van der Waals surface area contributed by atoms with Gasteiger partial charge in [-0.3, -0.25) is 19.4 Å². The fourth-order valence-electron chi connectivity index (χ4n) is 3.42. The molecule has 188 valence electrons. The molecular formula is C25H32N4O5S. The van der Waals surface area contributed by atoms with Crippen molar-refractivity contribution in [2.45, 2.75) is 44.8 Å². The summed E-state index contributed by atoms with van der Waals surface area (Å²) >= 11 is 1.47. The summed E-state index contributed by atoms with van der Waals surface area (Å²) in [5, 5.41) is 14.6. The Balaban J connectivity index is 2.22. The van der Waals surface area contributed by atoms with Gasteiger partial charge in [0.2, 0.25) is 11.8 Å². The van der Waals surface area contributed by atoms with Gasteiger partial charge in [-0.2, -0.15) is 11.8 Å². The van der Waals surface area contributed by atoms with Crippen molar-refractivity contribution in [1.29, 1.82) is 0 Å². The molecule has 0 radical (unpaired) electrons. The van der Waals surface area contributed by atoms with Crippen LogP contribution in [0.2, 0.25) is 0 Å². The van der Waals surface area contributed by atoms with E-state index in [1.807, 2.05) is 12.3 Å². The van der Waals surface area contributed by atoms with Gasteiger partial charge in [0.15, 0.2) is 5.78 Å². The SMILES string of the molecule is CSCC[C@H](NC(=O)[C@H](Cc1ccccc1)NC(=O)[C@@H](N)C(C)(C)C(=O)c1cccnc1)C(=O)O. The lowest BCUT2D eigenvalue weighted by Crippen LogP contribution is -2.59. The number of pyridine rings is 1. The lowest BCUT2D eigenvalue weighted by molar-refractivity contribution is -0.142. The maximum atomic E-state index is 13.1. The van der Waals surface area contributed by atoms with Gasteiger partial charge in [-0.25, -0.2) is 4.79 Å². The highest BCUT2D eigenvalue weighted by Gasteiger charge is 2.40. The summed E-state index contributed by atoms with van der Waals surface area (Å²) in [5.41, 5.74) is 6.00. The van der Waals surface area contributed by atoms with Crippen molar-refractivity contribution in [3.05, 3.63) is 66.0 Å². The molecule has 0 spiro atoms. The number of carboxylic acids is 1. The molecule has 0 saturated heterocycles. The molecule has 1 aromatic carbocycles. The minimum atomic E-state index is -1.29.